The lowest BCUT2D eigenvalue weighted by atomic mass is 10.1. The number of carbonyl (C=O) groups excluding carboxylic acids is 1. The van der Waals surface area contributed by atoms with Gasteiger partial charge in [0, 0.05) is 17.8 Å². The van der Waals surface area contributed by atoms with E-state index in [0.717, 1.165) is 0 Å². The van der Waals surface area contributed by atoms with Crippen LogP contribution in [0.1, 0.15) is 10.4 Å². The Bertz CT molecular complexity index is 855. The molecule has 2 aromatic carbocycles. The SMILES string of the molecule is C=N/C=N\N(C)C1Nc2ccccc2C(=O)N1c1ccc(Cl)cc1Cl. The van der Waals surface area contributed by atoms with Gasteiger partial charge in [0.25, 0.3) is 5.91 Å². The fourth-order valence-electron chi connectivity index (χ4n) is 2.60. The van der Waals surface area contributed by atoms with Gasteiger partial charge in [-0.3, -0.25) is 19.7 Å². The van der Waals surface area contributed by atoms with Crippen molar-refractivity contribution < 1.29 is 4.79 Å². The molecule has 0 aromatic heterocycles. The molecule has 0 saturated carbocycles. The molecule has 1 N–H and O–H groups in total. The molecule has 0 saturated heterocycles. The van der Waals surface area contributed by atoms with Gasteiger partial charge in [-0.2, -0.15) is 5.10 Å². The van der Waals surface area contributed by atoms with Crippen LogP contribution >= 0.6 is 23.2 Å². The van der Waals surface area contributed by atoms with Crippen LogP contribution in [0.15, 0.2) is 52.6 Å². The van der Waals surface area contributed by atoms with E-state index in [4.69, 9.17) is 23.2 Å². The van der Waals surface area contributed by atoms with Gasteiger partial charge in [-0.1, -0.05) is 35.3 Å². The molecule has 1 unspecified atom stereocenters. The number of aliphatic imine (C=N–C) groups is 1. The predicted octanol–water partition coefficient (Wildman–Crippen LogP) is 3.93. The Kier molecular flexibility index (Phi) is 4.92. The highest BCUT2D eigenvalue weighted by molar-refractivity contribution is 6.37. The first-order chi connectivity index (χ1) is 12.0. The van der Waals surface area contributed by atoms with Gasteiger partial charge >= 0.3 is 0 Å². The third-order valence-electron chi connectivity index (χ3n) is 3.74. The maximum absolute atomic E-state index is 13.1. The highest BCUT2D eigenvalue weighted by Crippen LogP contribution is 2.35. The number of nitrogens with one attached hydrogen (secondary N) is 1. The molecule has 128 valence electrons. The Balaban J connectivity index is 2.11. The van der Waals surface area contributed by atoms with Crippen molar-refractivity contribution in [2.24, 2.45) is 10.1 Å². The molecule has 1 atom stereocenters. The summed E-state index contributed by atoms with van der Waals surface area (Å²) < 4.78 is 0. The first-order valence-corrected chi connectivity index (χ1v) is 8.14. The van der Waals surface area contributed by atoms with Gasteiger partial charge < -0.3 is 5.32 Å². The molecule has 2 aromatic rings. The van der Waals surface area contributed by atoms with Crippen LogP contribution in [-0.2, 0) is 0 Å². The third kappa shape index (κ3) is 3.31. The van der Waals surface area contributed by atoms with Crippen LogP contribution in [-0.4, -0.2) is 37.3 Å². The van der Waals surface area contributed by atoms with Crippen molar-refractivity contribution in [1.82, 2.24) is 5.01 Å². The first kappa shape index (κ1) is 17.3. The highest BCUT2D eigenvalue weighted by atomic mass is 35.5. The van der Waals surface area contributed by atoms with E-state index >= 15 is 0 Å². The zero-order valence-electron chi connectivity index (χ0n) is 13.4. The summed E-state index contributed by atoms with van der Waals surface area (Å²) in [6.07, 6.45) is 0.702. The fourth-order valence-corrected chi connectivity index (χ4v) is 3.10. The van der Waals surface area contributed by atoms with Gasteiger partial charge in [0.1, 0.15) is 6.34 Å². The van der Waals surface area contributed by atoms with Crippen molar-refractivity contribution in [3.05, 3.63) is 58.1 Å². The monoisotopic (exact) mass is 375 g/mol. The maximum Gasteiger partial charge on any atom is 0.263 e. The van der Waals surface area contributed by atoms with E-state index in [0.29, 0.717) is 27.0 Å². The standard InChI is InChI=1S/C17H15Cl2N5O/c1-20-10-21-23(2)17-22-14-6-4-3-5-12(14)16(25)24(17)15-8-7-11(18)9-13(15)19/h3-10,17,22H,1H2,2H3/b21-10-. The Morgan fingerprint density at radius 2 is 2.04 bits per heavy atom. The van der Waals surface area contributed by atoms with Crippen LogP contribution in [0.4, 0.5) is 11.4 Å². The van der Waals surface area contributed by atoms with Crippen LogP contribution in [0.3, 0.4) is 0 Å². The van der Waals surface area contributed by atoms with Crippen molar-refractivity contribution in [2.45, 2.75) is 6.29 Å². The lowest BCUT2D eigenvalue weighted by Gasteiger charge is -2.41. The number of amides is 1. The van der Waals surface area contributed by atoms with Crippen LogP contribution in [0.2, 0.25) is 10.0 Å². The molecular formula is C17H15Cl2N5O. The number of halogens is 2. The smallest absolute Gasteiger partial charge is 0.263 e. The second kappa shape index (κ2) is 7.13. The molecule has 1 aliphatic heterocycles. The lowest BCUT2D eigenvalue weighted by Crippen LogP contribution is -2.55. The zero-order chi connectivity index (χ0) is 18.0. The summed E-state index contributed by atoms with van der Waals surface area (Å²) in [4.78, 5) is 18.3. The molecule has 3 rings (SSSR count). The predicted molar refractivity (Wildman–Crippen MR) is 103 cm³/mol. The summed E-state index contributed by atoms with van der Waals surface area (Å²) in [6, 6.07) is 12.2. The quantitative estimate of drug-likeness (QED) is 0.500. The largest absolute Gasteiger partial charge is 0.346 e. The number of hydrogen-bond acceptors (Lipinski definition) is 4. The third-order valence-corrected chi connectivity index (χ3v) is 4.28. The van der Waals surface area contributed by atoms with E-state index in [1.807, 2.05) is 18.2 Å². The van der Waals surface area contributed by atoms with Gasteiger partial charge in [0.15, 0.2) is 6.29 Å². The average Bonchev–Trinajstić information content (AvgIpc) is 2.60. The summed E-state index contributed by atoms with van der Waals surface area (Å²) in [5.74, 6) is -0.197. The molecule has 0 spiro atoms. The summed E-state index contributed by atoms with van der Waals surface area (Å²) in [5.41, 5.74) is 1.79. The van der Waals surface area contributed by atoms with Crippen LogP contribution < -0.4 is 10.2 Å². The minimum absolute atomic E-state index is 0.197. The number of benzene rings is 2. The highest BCUT2D eigenvalue weighted by Gasteiger charge is 2.36. The van der Waals surface area contributed by atoms with Crippen molar-refractivity contribution in [2.75, 3.05) is 17.3 Å². The first-order valence-electron chi connectivity index (χ1n) is 7.38. The number of rotatable bonds is 4. The van der Waals surface area contributed by atoms with Crippen molar-refractivity contribution in [3.63, 3.8) is 0 Å². The number of carbonyl (C=O) groups is 1. The average molecular weight is 376 g/mol. The van der Waals surface area contributed by atoms with E-state index < -0.39 is 6.29 Å². The van der Waals surface area contributed by atoms with E-state index in [2.05, 4.69) is 22.1 Å². The second-order valence-corrected chi connectivity index (χ2v) is 6.17. The Morgan fingerprint density at radius 3 is 2.76 bits per heavy atom. The van der Waals surface area contributed by atoms with Crippen molar-refractivity contribution >= 4 is 53.5 Å². The molecule has 1 amide bonds. The Morgan fingerprint density at radius 1 is 1.28 bits per heavy atom. The van der Waals surface area contributed by atoms with E-state index in [1.54, 1.807) is 36.3 Å². The summed E-state index contributed by atoms with van der Waals surface area (Å²) in [7, 11) is 1.72. The van der Waals surface area contributed by atoms with Crippen LogP contribution in [0, 0.1) is 0 Å². The minimum atomic E-state index is -0.598. The lowest BCUT2D eigenvalue weighted by molar-refractivity contribution is 0.0941. The molecule has 0 aliphatic carbocycles. The van der Waals surface area contributed by atoms with Crippen LogP contribution in [0.25, 0.3) is 0 Å². The summed E-state index contributed by atoms with van der Waals surface area (Å²) >= 11 is 12.3. The van der Waals surface area contributed by atoms with Gasteiger partial charge in [-0.15, -0.1) is 0 Å². The molecule has 0 bridgehead atoms. The van der Waals surface area contributed by atoms with Gasteiger partial charge in [-0.25, -0.2) is 0 Å². The zero-order valence-corrected chi connectivity index (χ0v) is 14.9. The van der Waals surface area contributed by atoms with E-state index in [1.165, 1.54) is 11.2 Å². The second-order valence-electron chi connectivity index (χ2n) is 5.32. The molecule has 1 heterocycles. The number of para-hydroxylation sites is 1. The number of hydrogen-bond donors (Lipinski definition) is 1. The molecule has 0 radical (unpaired) electrons. The van der Waals surface area contributed by atoms with E-state index in [9.17, 15) is 4.79 Å². The number of hydrazone groups is 1. The fraction of sp³-hybridized carbons (Fsp3) is 0.118. The van der Waals surface area contributed by atoms with Crippen LogP contribution in [0.5, 0.6) is 0 Å². The van der Waals surface area contributed by atoms with Crippen molar-refractivity contribution in [1.29, 1.82) is 0 Å². The van der Waals surface area contributed by atoms with E-state index in [-0.39, 0.29) is 5.91 Å². The number of nitrogens with zero attached hydrogens (tertiary/aromatic N) is 4. The van der Waals surface area contributed by atoms with Gasteiger partial charge in [0.2, 0.25) is 0 Å². The summed E-state index contributed by atoms with van der Waals surface area (Å²) in [5, 5.41) is 9.86. The molecule has 6 nitrogen and oxygen atoms in total. The van der Waals surface area contributed by atoms with Crippen molar-refractivity contribution in [3.8, 4) is 0 Å². The molecule has 8 heteroatoms. The summed E-state index contributed by atoms with van der Waals surface area (Å²) in [6.45, 7) is 3.37. The topological polar surface area (TPSA) is 60.3 Å². The number of anilines is 2. The molecule has 25 heavy (non-hydrogen) atoms. The Labute approximate surface area is 155 Å². The molecule has 1 aliphatic rings. The maximum atomic E-state index is 13.1. The Hall–Kier alpha value is -2.57. The minimum Gasteiger partial charge on any atom is -0.346 e. The molecular weight excluding hydrogens is 361 g/mol. The normalized spacial score (nSPS) is 16.5. The number of fused-ring (bicyclic) bond motifs is 1. The van der Waals surface area contributed by atoms with Gasteiger partial charge in [0.05, 0.1) is 16.3 Å². The van der Waals surface area contributed by atoms with Gasteiger partial charge in [-0.05, 0) is 37.0 Å². The molecule has 0 fully saturated rings.